The predicted octanol–water partition coefficient (Wildman–Crippen LogP) is 3.31. The zero-order valence-corrected chi connectivity index (χ0v) is 8.52. The molecule has 0 radical (unpaired) electrons. The molecular formula is C10H8F6O. The van der Waals surface area contributed by atoms with Crippen LogP contribution in [0.3, 0.4) is 0 Å². The van der Waals surface area contributed by atoms with Gasteiger partial charge >= 0.3 is 12.4 Å². The highest BCUT2D eigenvalue weighted by molar-refractivity contribution is 5.34. The number of aliphatic hydroxyl groups is 1. The Morgan fingerprint density at radius 1 is 0.882 bits per heavy atom. The molecule has 1 aromatic carbocycles. The fourth-order valence-electron chi connectivity index (χ4n) is 1.44. The molecule has 0 fully saturated rings. The Kier molecular flexibility index (Phi) is 3.17. The van der Waals surface area contributed by atoms with Crippen molar-refractivity contribution >= 4 is 0 Å². The molecule has 96 valence electrons. The minimum atomic E-state index is -5.84. The number of halogens is 6. The van der Waals surface area contributed by atoms with Gasteiger partial charge in [0.15, 0.2) is 0 Å². The van der Waals surface area contributed by atoms with Gasteiger partial charge in [-0.3, -0.25) is 0 Å². The van der Waals surface area contributed by atoms with Gasteiger partial charge in [-0.15, -0.1) is 0 Å². The average molecular weight is 258 g/mol. The Balaban J connectivity index is 3.53. The zero-order chi connectivity index (χ0) is 13.5. The fourth-order valence-corrected chi connectivity index (χ4v) is 1.44. The molecule has 0 aliphatic heterocycles. The number of aryl methyl sites for hydroxylation is 1. The van der Waals surface area contributed by atoms with E-state index in [1.165, 1.54) is 6.07 Å². The number of hydrogen-bond acceptors (Lipinski definition) is 1. The monoisotopic (exact) mass is 258 g/mol. The van der Waals surface area contributed by atoms with Crippen LogP contribution in [0.5, 0.6) is 0 Å². The summed E-state index contributed by atoms with van der Waals surface area (Å²) in [6.07, 6.45) is -11.7. The number of alkyl halides is 6. The van der Waals surface area contributed by atoms with Crippen molar-refractivity contribution in [3.8, 4) is 0 Å². The lowest BCUT2D eigenvalue weighted by Gasteiger charge is -2.33. The van der Waals surface area contributed by atoms with Crippen LogP contribution in [-0.2, 0) is 5.60 Å². The van der Waals surface area contributed by atoms with E-state index >= 15 is 0 Å². The summed E-state index contributed by atoms with van der Waals surface area (Å²) in [7, 11) is 0. The highest BCUT2D eigenvalue weighted by Crippen LogP contribution is 2.50. The highest BCUT2D eigenvalue weighted by atomic mass is 19.4. The lowest BCUT2D eigenvalue weighted by Crippen LogP contribution is -2.54. The first-order valence-electron chi connectivity index (χ1n) is 4.43. The van der Waals surface area contributed by atoms with Crippen molar-refractivity contribution in [2.24, 2.45) is 0 Å². The first kappa shape index (κ1) is 13.8. The van der Waals surface area contributed by atoms with Crippen LogP contribution in [0.4, 0.5) is 26.3 Å². The number of benzene rings is 1. The van der Waals surface area contributed by atoms with Gasteiger partial charge in [0.2, 0.25) is 0 Å². The first-order valence-corrected chi connectivity index (χ1v) is 4.43. The van der Waals surface area contributed by atoms with Crippen LogP contribution in [0.2, 0.25) is 0 Å². The van der Waals surface area contributed by atoms with Gasteiger partial charge in [0, 0.05) is 5.56 Å². The van der Waals surface area contributed by atoms with Crippen LogP contribution in [0.25, 0.3) is 0 Å². The van der Waals surface area contributed by atoms with Crippen molar-refractivity contribution in [2.75, 3.05) is 0 Å². The molecule has 0 atom stereocenters. The zero-order valence-electron chi connectivity index (χ0n) is 8.52. The second kappa shape index (κ2) is 3.90. The maximum Gasteiger partial charge on any atom is 0.430 e. The van der Waals surface area contributed by atoms with Gasteiger partial charge in [-0.1, -0.05) is 24.3 Å². The first-order chi connectivity index (χ1) is 7.52. The molecule has 0 unspecified atom stereocenters. The summed E-state index contributed by atoms with van der Waals surface area (Å²) >= 11 is 0. The van der Waals surface area contributed by atoms with Gasteiger partial charge in [0.1, 0.15) is 0 Å². The van der Waals surface area contributed by atoms with E-state index in [0.29, 0.717) is 6.07 Å². The molecule has 0 heterocycles. The van der Waals surface area contributed by atoms with E-state index < -0.39 is 23.5 Å². The molecule has 0 bridgehead atoms. The van der Waals surface area contributed by atoms with Gasteiger partial charge in [-0.05, 0) is 12.5 Å². The van der Waals surface area contributed by atoms with Gasteiger partial charge in [0.05, 0.1) is 0 Å². The Hall–Kier alpha value is -1.24. The predicted molar refractivity (Wildman–Crippen MR) is 47.2 cm³/mol. The Bertz CT molecular complexity index is 392. The third kappa shape index (κ3) is 2.11. The SMILES string of the molecule is Cc1ccccc1C(O)(C(F)(F)F)C(F)(F)F. The molecule has 0 aromatic heterocycles. The molecule has 0 saturated carbocycles. The summed E-state index contributed by atoms with van der Waals surface area (Å²) in [5.41, 5.74) is -6.34. The van der Waals surface area contributed by atoms with Gasteiger partial charge < -0.3 is 5.11 Å². The van der Waals surface area contributed by atoms with E-state index in [0.717, 1.165) is 19.1 Å². The molecule has 0 spiro atoms. The normalized spacial score (nSPS) is 13.9. The molecular weight excluding hydrogens is 250 g/mol. The Morgan fingerprint density at radius 2 is 1.29 bits per heavy atom. The minimum absolute atomic E-state index is 0.287. The Labute approximate surface area is 92.7 Å². The van der Waals surface area contributed by atoms with Crippen LogP contribution in [0.15, 0.2) is 24.3 Å². The molecule has 0 aliphatic rings. The molecule has 1 rings (SSSR count). The van der Waals surface area contributed by atoms with Crippen LogP contribution >= 0.6 is 0 Å². The van der Waals surface area contributed by atoms with Crippen molar-refractivity contribution in [3.05, 3.63) is 35.4 Å². The lowest BCUT2D eigenvalue weighted by atomic mass is 9.89. The van der Waals surface area contributed by atoms with Crippen LogP contribution in [-0.4, -0.2) is 17.5 Å². The molecule has 0 amide bonds. The fraction of sp³-hybridized carbons (Fsp3) is 0.400. The second-order valence-corrected chi connectivity index (χ2v) is 3.52. The van der Waals surface area contributed by atoms with Crippen LogP contribution in [0.1, 0.15) is 11.1 Å². The van der Waals surface area contributed by atoms with Gasteiger partial charge in [-0.25, -0.2) is 0 Å². The largest absolute Gasteiger partial charge is 0.430 e. The average Bonchev–Trinajstić information content (AvgIpc) is 2.13. The van der Waals surface area contributed by atoms with E-state index in [2.05, 4.69) is 0 Å². The smallest absolute Gasteiger partial charge is 0.369 e. The topological polar surface area (TPSA) is 20.2 Å². The van der Waals surface area contributed by atoms with Crippen molar-refractivity contribution in [1.82, 2.24) is 0 Å². The Morgan fingerprint density at radius 3 is 1.65 bits per heavy atom. The molecule has 0 aliphatic carbocycles. The van der Waals surface area contributed by atoms with Crippen molar-refractivity contribution in [1.29, 1.82) is 0 Å². The van der Waals surface area contributed by atoms with Crippen molar-refractivity contribution < 1.29 is 31.4 Å². The van der Waals surface area contributed by atoms with Crippen molar-refractivity contribution in [3.63, 3.8) is 0 Å². The molecule has 7 heteroatoms. The van der Waals surface area contributed by atoms with E-state index in [-0.39, 0.29) is 5.56 Å². The van der Waals surface area contributed by atoms with Gasteiger partial charge in [-0.2, -0.15) is 26.3 Å². The van der Waals surface area contributed by atoms with E-state index in [4.69, 9.17) is 5.11 Å². The number of hydrogen-bond donors (Lipinski definition) is 1. The molecule has 0 saturated heterocycles. The molecule has 1 nitrogen and oxygen atoms in total. The van der Waals surface area contributed by atoms with E-state index in [1.807, 2.05) is 0 Å². The third-order valence-electron chi connectivity index (χ3n) is 2.36. The summed E-state index contributed by atoms with van der Waals surface area (Å²) in [5.74, 6) is 0. The van der Waals surface area contributed by atoms with Crippen molar-refractivity contribution in [2.45, 2.75) is 24.9 Å². The summed E-state index contributed by atoms with van der Waals surface area (Å²) in [6.45, 7) is 1.07. The second-order valence-electron chi connectivity index (χ2n) is 3.52. The maximum atomic E-state index is 12.5. The molecule has 1 aromatic rings. The standard InChI is InChI=1S/C10H8F6O/c1-6-4-2-3-5-7(6)8(17,9(11,12)13)10(14,15)16/h2-5,17H,1H3. The van der Waals surface area contributed by atoms with E-state index in [9.17, 15) is 26.3 Å². The summed E-state index contributed by atoms with van der Waals surface area (Å²) in [5, 5.41) is 9.09. The lowest BCUT2D eigenvalue weighted by molar-refractivity contribution is -0.376. The summed E-state index contributed by atoms with van der Waals surface area (Å²) in [4.78, 5) is 0. The van der Waals surface area contributed by atoms with Crippen LogP contribution < -0.4 is 0 Å². The molecule has 17 heavy (non-hydrogen) atoms. The maximum absolute atomic E-state index is 12.5. The van der Waals surface area contributed by atoms with Gasteiger partial charge in [0.25, 0.3) is 5.60 Å². The quantitative estimate of drug-likeness (QED) is 0.766. The third-order valence-corrected chi connectivity index (χ3v) is 2.36. The minimum Gasteiger partial charge on any atom is -0.369 e. The van der Waals surface area contributed by atoms with E-state index in [1.54, 1.807) is 0 Å². The van der Waals surface area contributed by atoms with Crippen LogP contribution in [0, 0.1) is 6.92 Å². The highest BCUT2D eigenvalue weighted by Gasteiger charge is 2.71. The summed E-state index contributed by atoms with van der Waals surface area (Å²) < 4.78 is 75.0. The number of rotatable bonds is 1. The summed E-state index contributed by atoms with van der Waals surface area (Å²) in [6, 6.07) is 3.96. The molecule has 1 N–H and O–H groups in total.